The minimum Gasteiger partial charge on any atom is -0.494 e. The summed E-state index contributed by atoms with van der Waals surface area (Å²) in [7, 11) is 0. The maximum atomic E-state index is 12.2. The van der Waals surface area contributed by atoms with Crippen molar-refractivity contribution in [2.24, 2.45) is 0 Å². The second kappa shape index (κ2) is 11.1. The summed E-state index contributed by atoms with van der Waals surface area (Å²) < 4.78 is 12.5. The van der Waals surface area contributed by atoms with Crippen molar-refractivity contribution in [3.05, 3.63) is 56.5 Å². The van der Waals surface area contributed by atoms with E-state index in [1.165, 1.54) is 0 Å². The Bertz CT molecular complexity index is 901. The zero-order valence-corrected chi connectivity index (χ0v) is 19.7. The number of hydrazine groups is 1. The highest BCUT2D eigenvalue weighted by atomic mass is 79.9. The Labute approximate surface area is 190 Å². The number of hydrogen-bond donors (Lipinski definition) is 3. The van der Waals surface area contributed by atoms with Crippen molar-refractivity contribution in [2.75, 3.05) is 13.2 Å². The van der Waals surface area contributed by atoms with Gasteiger partial charge in [-0.1, -0.05) is 22.0 Å². The largest absolute Gasteiger partial charge is 0.494 e. The second-order valence-corrected chi connectivity index (χ2v) is 7.92. The fourth-order valence-corrected chi connectivity index (χ4v) is 3.97. The molecule has 0 heterocycles. The summed E-state index contributed by atoms with van der Waals surface area (Å²) >= 11 is 11.8. The van der Waals surface area contributed by atoms with Crippen molar-refractivity contribution < 1.29 is 19.1 Å². The highest BCUT2D eigenvalue weighted by molar-refractivity contribution is 9.11. The molecule has 2 rings (SSSR count). The second-order valence-electron chi connectivity index (χ2n) is 5.74. The molecule has 0 bridgehead atoms. The van der Waals surface area contributed by atoms with Gasteiger partial charge < -0.3 is 9.47 Å². The van der Waals surface area contributed by atoms with E-state index in [2.05, 4.69) is 48.0 Å². The number of carbonyl (C=O) groups excluding carboxylic acids is 2. The minimum absolute atomic E-state index is 0.0498. The molecule has 0 atom stereocenters. The van der Waals surface area contributed by atoms with Crippen molar-refractivity contribution in [1.82, 2.24) is 16.2 Å². The highest BCUT2D eigenvalue weighted by Gasteiger charge is 2.12. The number of hydrogen-bond acceptors (Lipinski definition) is 5. The van der Waals surface area contributed by atoms with Crippen molar-refractivity contribution in [1.29, 1.82) is 0 Å². The van der Waals surface area contributed by atoms with Crippen LogP contribution in [0.5, 0.6) is 11.5 Å². The fraction of sp³-hybridized carbons (Fsp3) is 0.211. The number of ether oxygens (including phenoxy) is 2. The standard InChI is InChI=1S/C19H19Br2N3O4S/c1-3-27-14-6-4-5-12(8-14)18(26)22-19(29)24-23-16(25)10-28-17-11(2)7-13(20)9-15(17)21/h4-9H,3,10H2,1-2H3,(H,23,25)(H2,22,24,26,29). The van der Waals surface area contributed by atoms with E-state index in [1.54, 1.807) is 24.3 Å². The van der Waals surface area contributed by atoms with Crippen molar-refractivity contribution in [3.63, 3.8) is 0 Å². The third kappa shape index (κ3) is 7.30. The van der Waals surface area contributed by atoms with Gasteiger partial charge in [-0.15, -0.1) is 0 Å². The number of halogens is 2. The smallest absolute Gasteiger partial charge is 0.276 e. The van der Waals surface area contributed by atoms with Crippen molar-refractivity contribution in [3.8, 4) is 11.5 Å². The molecule has 0 saturated carbocycles. The van der Waals surface area contributed by atoms with Gasteiger partial charge in [-0.3, -0.25) is 25.8 Å². The Hall–Kier alpha value is -2.17. The number of nitrogens with one attached hydrogen (secondary N) is 3. The molecule has 0 aliphatic carbocycles. The number of aryl methyl sites for hydroxylation is 1. The van der Waals surface area contributed by atoms with Crippen LogP contribution >= 0.6 is 44.1 Å². The molecule has 0 saturated heterocycles. The first-order chi connectivity index (χ1) is 13.8. The average molecular weight is 545 g/mol. The van der Waals surface area contributed by atoms with Gasteiger partial charge >= 0.3 is 0 Å². The monoisotopic (exact) mass is 543 g/mol. The third-order valence-corrected chi connectivity index (χ3v) is 4.74. The van der Waals surface area contributed by atoms with Gasteiger partial charge in [0.05, 0.1) is 11.1 Å². The molecule has 0 radical (unpaired) electrons. The van der Waals surface area contributed by atoms with Crippen molar-refractivity contribution >= 4 is 61.0 Å². The van der Waals surface area contributed by atoms with Crippen LogP contribution in [0.3, 0.4) is 0 Å². The Morgan fingerprint density at radius 3 is 2.55 bits per heavy atom. The molecule has 2 aromatic rings. The van der Waals surface area contributed by atoms with Gasteiger partial charge in [0.1, 0.15) is 11.5 Å². The molecule has 7 nitrogen and oxygen atoms in total. The lowest BCUT2D eigenvalue weighted by atomic mass is 10.2. The van der Waals surface area contributed by atoms with Gasteiger partial charge in [0.25, 0.3) is 11.8 Å². The Balaban J connectivity index is 1.81. The van der Waals surface area contributed by atoms with E-state index in [9.17, 15) is 9.59 Å². The normalized spacial score (nSPS) is 10.1. The summed E-state index contributed by atoms with van der Waals surface area (Å²) in [5.74, 6) is 0.255. The van der Waals surface area contributed by atoms with E-state index in [4.69, 9.17) is 21.7 Å². The van der Waals surface area contributed by atoms with E-state index in [0.29, 0.717) is 23.7 Å². The molecule has 29 heavy (non-hydrogen) atoms. The molecule has 2 aromatic carbocycles. The van der Waals surface area contributed by atoms with Crippen LogP contribution in [0.4, 0.5) is 0 Å². The van der Waals surface area contributed by atoms with Crippen LogP contribution in [-0.4, -0.2) is 30.1 Å². The number of carbonyl (C=O) groups is 2. The molecular weight excluding hydrogens is 526 g/mol. The maximum absolute atomic E-state index is 12.2. The highest BCUT2D eigenvalue weighted by Crippen LogP contribution is 2.32. The molecule has 0 fully saturated rings. The Kier molecular flexibility index (Phi) is 8.87. The van der Waals surface area contributed by atoms with E-state index >= 15 is 0 Å². The predicted molar refractivity (Wildman–Crippen MR) is 121 cm³/mol. The van der Waals surface area contributed by atoms with Crippen LogP contribution in [0.1, 0.15) is 22.8 Å². The molecule has 0 spiro atoms. The first-order valence-electron chi connectivity index (χ1n) is 8.51. The van der Waals surface area contributed by atoms with Gasteiger partial charge in [0.15, 0.2) is 11.7 Å². The number of amides is 2. The first-order valence-corrected chi connectivity index (χ1v) is 10.5. The molecule has 3 N–H and O–H groups in total. The molecule has 0 aromatic heterocycles. The number of thiocarbonyl (C=S) groups is 1. The lowest BCUT2D eigenvalue weighted by Gasteiger charge is -2.13. The summed E-state index contributed by atoms with van der Waals surface area (Å²) in [5.41, 5.74) is 6.08. The predicted octanol–water partition coefficient (Wildman–Crippen LogP) is 3.63. The van der Waals surface area contributed by atoms with Gasteiger partial charge in [-0.2, -0.15) is 0 Å². The summed E-state index contributed by atoms with van der Waals surface area (Å²) in [6, 6.07) is 10.4. The van der Waals surface area contributed by atoms with Crippen LogP contribution in [0.2, 0.25) is 0 Å². The number of benzene rings is 2. The van der Waals surface area contributed by atoms with Crippen LogP contribution in [0, 0.1) is 6.92 Å². The molecular formula is C19H19Br2N3O4S. The summed E-state index contributed by atoms with van der Waals surface area (Å²) in [6.45, 7) is 3.98. The summed E-state index contributed by atoms with van der Waals surface area (Å²) in [5, 5.41) is 2.43. The lowest BCUT2D eigenvalue weighted by Crippen LogP contribution is -2.49. The van der Waals surface area contributed by atoms with Gasteiger partial charge in [-0.05, 0) is 77.9 Å². The van der Waals surface area contributed by atoms with E-state index < -0.39 is 11.8 Å². The topological polar surface area (TPSA) is 88.7 Å². The Morgan fingerprint density at radius 2 is 1.86 bits per heavy atom. The lowest BCUT2D eigenvalue weighted by molar-refractivity contribution is -0.123. The van der Waals surface area contributed by atoms with E-state index in [0.717, 1.165) is 14.5 Å². The molecule has 10 heteroatoms. The third-order valence-electron chi connectivity index (χ3n) is 3.49. The zero-order valence-electron chi connectivity index (χ0n) is 15.7. The maximum Gasteiger partial charge on any atom is 0.276 e. The van der Waals surface area contributed by atoms with Crippen LogP contribution in [-0.2, 0) is 4.79 Å². The first kappa shape index (κ1) is 23.1. The van der Waals surface area contributed by atoms with Gasteiger partial charge in [0.2, 0.25) is 0 Å². The summed E-state index contributed by atoms with van der Waals surface area (Å²) in [4.78, 5) is 24.2. The van der Waals surface area contributed by atoms with E-state index in [1.807, 2.05) is 26.0 Å². The average Bonchev–Trinajstić information content (AvgIpc) is 2.66. The molecule has 0 unspecified atom stereocenters. The molecule has 154 valence electrons. The number of rotatable bonds is 6. The van der Waals surface area contributed by atoms with Gasteiger partial charge in [0, 0.05) is 10.0 Å². The SMILES string of the molecule is CCOc1cccc(C(=O)NC(=S)NNC(=O)COc2c(C)cc(Br)cc2Br)c1. The molecule has 0 aliphatic rings. The van der Waals surface area contributed by atoms with Crippen LogP contribution in [0.15, 0.2) is 45.3 Å². The van der Waals surface area contributed by atoms with Gasteiger partial charge in [-0.25, -0.2) is 0 Å². The van der Waals surface area contributed by atoms with E-state index in [-0.39, 0.29) is 11.7 Å². The van der Waals surface area contributed by atoms with Crippen molar-refractivity contribution in [2.45, 2.75) is 13.8 Å². The van der Waals surface area contributed by atoms with Crippen LogP contribution in [0.25, 0.3) is 0 Å². The quantitative estimate of drug-likeness (QED) is 0.380. The fourth-order valence-electron chi connectivity index (χ4n) is 2.27. The van der Waals surface area contributed by atoms with Crippen LogP contribution < -0.4 is 25.6 Å². The minimum atomic E-state index is -0.464. The zero-order chi connectivity index (χ0) is 21.4. The molecule has 0 aliphatic heterocycles. The summed E-state index contributed by atoms with van der Waals surface area (Å²) in [6.07, 6.45) is 0. The molecule has 2 amide bonds. The Morgan fingerprint density at radius 1 is 1.10 bits per heavy atom.